The van der Waals surface area contributed by atoms with Crippen LogP contribution in [0, 0.1) is 0 Å². The fourth-order valence-electron chi connectivity index (χ4n) is 2.68. The van der Waals surface area contributed by atoms with Crippen LogP contribution in [0.5, 0.6) is 0 Å². The summed E-state index contributed by atoms with van der Waals surface area (Å²) in [5.74, 6) is -0.785. The molecular weight excluding hydrogens is 270 g/mol. The Bertz CT molecular complexity index is 313. The number of hydrogen-bond acceptors (Lipinski definition) is 3. The first-order valence-electron chi connectivity index (χ1n) is 8.28. The summed E-state index contributed by atoms with van der Waals surface area (Å²) >= 11 is 0. The lowest BCUT2D eigenvalue weighted by Gasteiger charge is -2.26. The fraction of sp³-hybridized carbons (Fsp3) is 0.875. The highest BCUT2D eigenvalue weighted by Crippen LogP contribution is 2.22. The topological polar surface area (TPSA) is 75.6 Å². The zero-order valence-electron chi connectivity index (χ0n) is 13.1. The number of nitrogens with one attached hydrogen (secondary N) is 1. The van der Waals surface area contributed by atoms with Crippen molar-refractivity contribution >= 4 is 11.9 Å². The Morgan fingerprint density at radius 1 is 1.19 bits per heavy atom. The molecule has 1 unspecified atom stereocenters. The molecule has 5 heteroatoms. The third kappa shape index (κ3) is 8.05. The summed E-state index contributed by atoms with van der Waals surface area (Å²) in [4.78, 5) is 22.4. The summed E-state index contributed by atoms with van der Waals surface area (Å²) in [6.07, 6.45) is 8.93. The zero-order chi connectivity index (χ0) is 15.5. The average molecular weight is 299 g/mol. The fourth-order valence-corrected chi connectivity index (χ4v) is 2.68. The normalized spacial score (nSPS) is 17.4. The van der Waals surface area contributed by atoms with Gasteiger partial charge in [0.05, 0.1) is 6.10 Å². The first-order valence-corrected chi connectivity index (χ1v) is 8.28. The smallest absolute Gasteiger partial charge is 0.303 e. The van der Waals surface area contributed by atoms with Gasteiger partial charge in [-0.15, -0.1) is 0 Å². The van der Waals surface area contributed by atoms with Crippen molar-refractivity contribution in [2.45, 2.75) is 83.3 Å². The van der Waals surface area contributed by atoms with Crippen molar-refractivity contribution in [1.29, 1.82) is 0 Å². The van der Waals surface area contributed by atoms with Gasteiger partial charge >= 0.3 is 5.97 Å². The van der Waals surface area contributed by atoms with Crippen molar-refractivity contribution in [2.24, 2.45) is 0 Å². The number of ether oxygens (including phenoxy) is 1. The van der Waals surface area contributed by atoms with E-state index in [-0.39, 0.29) is 24.5 Å². The van der Waals surface area contributed by atoms with Gasteiger partial charge in [0.25, 0.3) is 0 Å². The predicted octanol–water partition coefficient (Wildman–Crippen LogP) is 2.88. The standard InChI is InChI=1S/C16H29NO4/c1-2-14(21-13-9-5-3-6-10-13)16(20)17-12-8-4-7-11-15(18)19/h13-14H,2-12H2,1H3,(H,17,20)(H,18,19). The SMILES string of the molecule is CCC(OC1CCCCC1)C(=O)NCCCCCC(=O)O. The van der Waals surface area contributed by atoms with Gasteiger partial charge in [-0.05, 0) is 32.1 Å². The molecule has 0 aromatic rings. The molecule has 0 spiro atoms. The molecule has 0 heterocycles. The van der Waals surface area contributed by atoms with Gasteiger partial charge < -0.3 is 15.2 Å². The Kier molecular flexibility index (Phi) is 9.06. The molecule has 0 aromatic heterocycles. The van der Waals surface area contributed by atoms with Crippen LogP contribution >= 0.6 is 0 Å². The maximum absolute atomic E-state index is 12.1. The quantitative estimate of drug-likeness (QED) is 0.608. The third-order valence-corrected chi connectivity index (χ3v) is 3.94. The minimum atomic E-state index is -0.758. The molecule has 1 amide bonds. The van der Waals surface area contributed by atoms with Crippen molar-refractivity contribution in [3.05, 3.63) is 0 Å². The molecule has 2 N–H and O–H groups in total. The average Bonchev–Trinajstić information content (AvgIpc) is 2.48. The Morgan fingerprint density at radius 2 is 1.90 bits per heavy atom. The third-order valence-electron chi connectivity index (χ3n) is 3.94. The molecule has 0 saturated heterocycles. The van der Waals surface area contributed by atoms with E-state index in [2.05, 4.69) is 5.32 Å². The Hall–Kier alpha value is -1.10. The van der Waals surface area contributed by atoms with Crippen molar-refractivity contribution in [3.63, 3.8) is 0 Å². The molecule has 21 heavy (non-hydrogen) atoms. The van der Waals surface area contributed by atoms with E-state index < -0.39 is 5.97 Å². The van der Waals surface area contributed by atoms with Gasteiger partial charge in [0.15, 0.2) is 0 Å². The van der Waals surface area contributed by atoms with Gasteiger partial charge in [0.2, 0.25) is 5.91 Å². The van der Waals surface area contributed by atoms with Crippen LogP contribution in [0.4, 0.5) is 0 Å². The molecule has 0 aromatic carbocycles. The minimum absolute atomic E-state index is 0.0266. The van der Waals surface area contributed by atoms with E-state index in [4.69, 9.17) is 9.84 Å². The highest BCUT2D eigenvalue weighted by atomic mass is 16.5. The molecular formula is C16H29NO4. The molecule has 1 aliphatic rings. The summed E-state index contributed by atoms with van der Waals surface area (Å²) < 4.78 is 5.92. The largest absolute Gasteiger partial charge is 0.481 e. The van der Waals surface area contributed by atoms with Crippen LogP contribution in [0.2, 0.25) is 0 Å². The van der Waals surface area contributed by atoms with E-state index in [0.29, 0.717) is 19.4 Å². The van der Waals surface area contributed by atoms with E-state index in [1.54, 1.807) is 0 Å². The van der Waals surface area contributed by atoms with Crippen LogP contribution in [0.1, 0.15) is 71.1 Å². The Balaban J connectivity index is 2.14. The predicted molar refractivity (Wildman–Crippen MR) is 81.2 cm³/mol. The van der Waals surface area contributed by atoms with Gasteiger partial charge in [0.1, 0.15) is 6.10 Å². The van der Waals surface area contributed by atoms with Crippen LogP contribution in [0.3, 0.4) is 0 Å². The number of hydrogen-bond donors (Lipinski definition) is 2. The minimum Gasteiger partial charge on any atom is -0.481 e. The van der Waals surface area contributed by atoms with E-state index >= 15 is 0 Å². The number of carboxylic acids is 1. The molecule has 0 aliphatic heterocycles. The van der Waals surface area contributed by atoms with Crippen molar-refractivity contribution < 1.29 is 19.4 Å². The number of carbonyl (C=O) groups is 2. The molecule has 5 nitrogen and oxygen atoms in total. The van der Waals surface area contributed by atoms with Crippen LogP contribution in [-0.4, -0.2) is 35.7 Å². The Labute approximate surface area is 127 Å². The zero-order valence-corrected chi connectivity index (χ0v) is 13.1. The summed E-state index contributed by atoms with van der Waals surface area (Å²) in [6, 6.07) is 0. The summed E-state index contributed by atoms with van der Waals surface area (Å²) in [6.45, 7) is 2.57. The van der Waals surface area contributed by atoms with E-state index in [1.807, 2.05) is 6.92 Å². The Morgan fingerprint density at radius 3 is 2.52 bits per heavy atom. The second kappa shape index (κ2) is 10.6. The molecule has 0 radical (unpaired) electrons. The molecule has 0 bridgehead atoms. The van der Waals surface area contributed by atoms with Gasteiger partial charge in [0, 0.05) is 13.0 Å². The van der Waals surface area contributed by atoms with Crippen molar-refractivity contribution in [1.82, 2.24) is 5.32 Å². The molecule has 122 valence electrons. The number of amides is 1. The van der Waals surface area contributed by atoms with Crippen molar-refractivity contribution in [3.8, 4) is 0 Å². The lowest BCUT2D eigenvalue weighted by atomic mass is 9.97. The highest BCUT2D eigenvalue weighted by Gasteiger charge is 2.22. The van der Waals surface area contributed by atoms with Gasteiger partial charge in [-0.1, -0.05) is 32.6 Å². The van der Waals surface area contributed by atoms with Gasteiger partial charge in [-0.25, -0.2) is 0 Å². The summed E-state index contributed by atoms with van der Waals surface area (Å²) in [5, 5.41) is 11.4. The van der Waals surface area contributed by atoms with E-state index in [9.17, 15) is 9.59 Å². The van der Waals surface area contributed by atoms with E-state index in [1.165, 1.54) is 19.3 Å². The molecule has 1 aliphatic carbocycles. The number of aliphatic carboxylic acids is 1. The second-order valence-electron chi connectivity index (χ2n) is 5.79. The summed E-state index contributed by atoms with van der Waals surface area (Å²) in [5.41, 5.74) is 0. The monoisotopic (exact) mass is 299 g/mol. The van der Waals surface area contributed by atoms with Gasteiger partial charge in [-0.3, -0.25) is 9.59 Å². The van der Waals surface area contributed by atoms with Crippen molar-refractivity contribution in [2.75, 3.05) is 6.54 Å². The lowest BCUT2D eigenvalue weighted by molar-refractivity contribution is -0.138. The summed E-state index contributed by atoms with van der Waals surface area (Å²) in [7, 11) is 0. The molecule has 1 atom stereocenters. The maximum Gasteiger partial charge on any atom is 0.303 e. The maximum atomic E-state index is 12.1. The number of rotatable bonds is 10. The van der Waals surface area contributed by atoms with Gasteiger partial charge in [-0.2, -0.15) is 0 Å². The molecule has 1 fully saturated rings. The van der Waals surface area contributed by atoms with Crippen LogP contribution < -0.4 is 5.32 Å². The first-order chi connectivity index (χ1) is 10.1. The second-order valence-corrected chi connectivity index (χ2v) is 5.79. The van der Waals surface area contributed by atoms with Crippen LogP contribution in [0.25, 0.3) is 0 Å². The number of unbranched alkanes of at least 4 members (excludes halogenated alkanes) is 2. The molecule has 1 saturated carbocycles. The van der Waals surface area contributed by atoms with Crippen LogP contribution in [-0.2, 0) is 14.3 Å². The number of carbonyl (C=O) groups excluding carboxylic acids is 1. The van der Waals surface area contributed by atoms with Crippen LogP contribution in [0.15, 0.2) is 0 Å². The highest BCUT2D eigenvalue weighted by molar-refractivity contribution is 5.80. The first kappa shape index (κ1) is 18.0. The van der Waals surface area contributed by atoms with E-state index in [0.717, 1.165) is 25.7 Å². The number of carboxylic acid groups (broad SMARTS) is 1. The lowest BCUT2D eigenvalue weighted by Crippen LogP contribution is -2.39. The molecule has 1 rings (SSSR count).